The third-order valence-corrected chi connectivity index (χ3v) is 4.21. The zero-order valence-electron chi connectivity index (χ0n) is 15.8. The van der Waals surface area contributed by atoms with Crippen LogP contribution >= 0.6 is 15.9 Å². The highest BCUT2D eigenvalue weighted by atomic mass is 79.9. The van der Waals surface area contributed by atoms with Gasteiger partial charge >= 0.3 is 0 Å². The summed E-state index contributed by atoms with van der Waals surface area (Å²) in [5, 5.41) is 25.2. The summed E-state index contributed by atoms with van der Waals surface area (Å²) in [5.74, 6) is 0.570. The lowest BCUT2D eigenvalue weighted by molar-refractivity contribution is -0.123. The Balaban J connectivity index is 1.96. The number of phenols is 1. The van der Waals surface area contributed by atoms with Crippen molar-refractivity contribution in [1.29, 1.82) is 0 Å². The van der Waals surface area contributed by atoms with Crippen LogP contribution in [0.1, 0.15) is 18.1 Å². The van der Waals surface area contributed by atoms with Crippen LogP contribution in [0.3, 0.4) is 0 Å². The largest absolute Gasteiger partial charge is 0.504 e. The number of carbonyl (C=O) groups excluding carboxylic acids is 1. The number of hydrogen-bond donors (Lipinski definition) is 3. The first kappa shape index (κ1) is 22.0. The van der Waals surface area contributed by atoms with E-state index in [1.165, 1.54) is 25.6 Å². The van der Waals surface area contributed by atoms with Crippen LogP contribution in [0.15, 0.2) is 45.1 Å². The molecule has 2 aromatic carbocycles. The molecule has 1 amide bonds. The molecule has 0 fully saturated rings. The standard InChI is InChI=1S/C19H20BrN3O6/c1-3-28-16-6-12(4-5-15(16)24)9-21-23-19(25)11-29-18-8-14(20)13(10-22-26)7-17(18)27-2/h4-10,24,26H,3,11H2,1-2H3,(H,23,25)/b21-9+,22-10-. The number of ether oxygens (including phenoxy) is 3. The lowest BCUT2D eigenvalue weighted by Gasteiger charge is -2.11. The highest BCUT2D eigenvalue weighted by Gasteiger charge is 2.11. The summed E-state index contributed by atoms with van der Waals surface area (Å²) in [5.41, 5.74) is 3.56. The molecule has 0 heterocycles. The van der Waals surface area contributed by atoms with Crippen molar-refractivity contribution in [2.45, 2.75) is 6.92 Å². The Bertz CT molecular complexity index is 917. The monoisotopic (exact) mass is 465 g/mol. The van der Waals surface area contributed by atoms with E-state index in [-0.39, 0.29) is 12.4 Å². The number of nitrogens with zero attached hydrogens (tertiary/aromatic N) is 2. The fraction of sp³-hybridized carbons (Fsp3) is 0.211. The molecule has 10 heteroatoms. The van der Waals surface area contributed by atoms with Gasteiger partial charge in [-0.25, -0.2) is 5.43 Å². The molecule has 0 saturated carbocycles. The number of carbonyl (C=O) groups is 1. The van der Waals surface area contributed by atoms with E-state index < -0.39 is 5.91 Å². The van der Waals surface area contributed by atoms with Gasteiger partial charge in [0.1, 0.15) is 0 Å². The lowest BCUT2D eigenvalue weighted by Crippen LogP contribution is -2.24. The Morgan fingerprint density at radius 1 is 1.17 bits per heavy atom. The van der Waals surface area contributed by atoms with Crippen molar-refractivity contribution in [3.05, 3.63) is 45.9 Å². The number of halogens is 1. The van der Waals surface area contributed by atoms with Gasteiger partial charge in [0.15, 0.2) is 29.6 Å². The van der Waals surface area contributed by atoms with Crippen LogP contribution in [-0.4, -0.2) is 49.0 Å². The number of aromatic hydroxyl groups is 1. The topological polar surface area (TPSA) is 122 Å². The zero-order chi connectivity index (χ0) is 21.2. The van der Waals surface area contributed by atoms with Gasteiger partial charge in [0.25, 0.3) is 5.91 Å². The second-order valence-electron chi connectivity index (χ2n) is 5.51. The number of rotatable bonds is 9. The minimum absolute atomic E-state index is 0.0258. The summed E-state index contributed by atoms with van der Waals surface area (Å²) in [6, 6.07) is 7.90. The van der Waals surface area contributed by atoms with Gasteiger partial charge in [-0.1, -0.05) is 5.16 Å². The molecule has 0 spiro atoms. The number of hydrazone groups is 1. The number of amides is 1. The maximum Gasteiger partial charge on any atom is 0.277 e. The minimum Gasteiger partial charge on any atom is -0.504 e. The Labute approximate surface area is 175 Å². The zero-order valence-corrected chi connectivity index (χ0v) is 17.3. The molecule has 2 aromatic rings. The Morgan fingerprint density at radius 2 is 1.97 bits per heavy atom. The average Bonchev–Trinajstić information content (AvgIpc) is 2.70. The van der Waals surface area contributed by atoms with E-state index in [1.807, 2.05) is 6.92 Å². The molecule has 9 nitrogen and oxygen atoms in total. The molecule has 3 N–H and O–H groups in total. The normalized spacial score (nSPS) is 11.0. The summed E-state index contributed by atoms with van der Waals surface area (Å²) in [6.45, 7) is 1.92. The molecule has 0 radical (unpaired) electrons. The minimum atomic E-state index is -0.482. The second kappa shape index (κ2) is 10.9. The number of phenolic OH excluding ortho intramolecular Hbond substituents is 1. The first-order valence-electron chi connectivity index (χ1n) is 8.44. The molecule has 0 aliphatic rings. The van der Waals surface area contributed by atoms with Crippen LogP contribution in [-0.2, 0) is 4.79 Å². The smallest absolute Gasteiger partial charge is 0.277 e. The number of methoxy groups -OCH3 is 1. The summed E-state index contributed by atoms with van der Waals surface area (Å²) >= 11 is 3.32. The molecule has 0 bridgehead atoms. The fourth-order valence-corrected chi connectivity index (χ4v) is 2.65. The predicted molar refractivity (Wildman–Crippen MR) is 111 cm³/mol. The Kier molecular flexibility index (Phi) is 8.28. The van der Waals surface area contributed by atoms with Gasteiger partial charge in [-0.05, 0) is 58.7 Å². The third kappa shape index (κ3) is 6.39. The van der Waals surface area contributed by atoms with Crippen LogP contribution in [0.2, 0.25) is 0 Å². The van der Waals surface area contributed by atoms with Crippen LogP contribution in [0.5, 0.6) is 23.0 Å². The molecule has 2 rings (SSSR count). The third-order valence-electron chi connectivity index (χ3n) is 3.53. The quantitative estimate of drug-likeness (QED) is 0.297. The van der Waals surface area contributed by atoms with Crippen molar-refractivity contribution < 1.29 is 29.3 Å². The fourth-order valence-electron chi connectivity index (χ4n) is 2.22. The molecule has 0 unspecified atom stereocenters. The SMILES string of the molecule is CCOc1cc(/C=N/NC(=O)COc2cc(Br)c(/C=N\O)cc2OC)ccc1O. The van der Waals surface area contributed by atoms with Crippen LogP contribution < -0.4 is 19.6 Å². The van der Waals surface area contributed by atoms with Crippen molar-refractivity contribution >= 4 is 34.3 Å². The highest BCUT2D eigenvalue weighted by Crippen LogP contribution is 2.33. The number of oxime groups is 1. The highest BCUT2D eigenvalue weighted by molar-refractivity contribution is 9.10. The molecule has 0 aromatic heterocycles. The summed E-state index contributed by atoms with van der Waals surface area (Å²) in [7, 11) is 1.45. The van der Waals surface area contributed by atoms with E-state index in [2.05, 4.69) is 31.6 Å². The second-order valence-corrected chi connectivity index (χ2v) is 6.37. The van der Waals surface area contributed by atoms with Crippen LogP contribution in [0, 0.1) is 0 Å². The first-order valence-corrected chi connectivity index (χ1v) is 9.23. The maximum atomic E-state index is 12.0. The van der Waals surface area contributed by atoms with E-state index in [0.29, 0.717) is 39.5 Å². The summed E-state index contributed by atoms with van der Waals surface area (Å²) < 4.78 is 16.6. The number of hydrogen-bond acceptors (Lipinski definition) is 8. The Morgan fingerprint density at radius 3 is 2.66 bits per heavy atom. The average molecular weight is 466 g/mol. The van der Waals surface area contributed by atoms with E-state index in [9.17, 15) is 9.90 Å². The lowest BCUT2D eigenvalue weighted by atomic mass is 10.2. The van der Waals surface area contributed by atoms with Gasteiger partial charge < -0.3 is 24.5 Å². The van der Waals surface area contributed by atoms with Crippen LogP contribution in [0.4, 0.5) is 0 Å². The molecule has 0 saturated heterocycles. The first-order chi connectivity index (χ1) is 14.0. The van der Waals surface area contributed by atoms with E-state index in [4.69, 9.17) is 19.4 Å². The number of benzene rings is 2. The summed E-state index contributed by atoms with van der Waals surface area (Å²) in [6.07, 6.45) is 2.65. The molecule has 0 aliphatic heterocycles. The summed E-state index contributed by atoms with van der Waals surface area (Å²) in [4.78, 5) is 12.0. The van der Waals surface area contributed by atoms with Gasteiger partial charge in [0.05, 0.1) is 26.1 Å². The van der Waals surface area contributed by atoms with E-state index in [0.717, 1.165) is 0 Å². The molecular formula is C19H20BrN3O6. The van der Waals surface area contributed by atoms with Crippen molar-refractivity contribution in [3.8, 4) is 23.0 Å². The van der Waals surface area contributed by atoms with Gasteiger partial charge in [-0.15, -0.1) is 0 Å². The predicted octanol–water partition coefficient (Wildman–Crippen LogP) is 2.90. The molecule has 29 heavy (non-hydrogen) atoms. The van der Waals surface area contributed by atoms with Crippen LogP contribution in [0.25, 0.3) is 0 Å². The van der Waals surface area contributed by atoms with Gasteiger partial charge in [0, 0.05) is 10.0 Å². The van der Waals surface area contributed by atoms with E-state index >= 15 is 0 Å². The van der Waals surface area contributed by atoms with Crippen molar-refractivity contribution in [2.24, 2.45) is 10.3 Å². The molecular weight excluding hydrogens is 446 g/mol. The molecule has 0 atom stereocenters. The van der Waals surface area contributed by atoms with Crippen molar-refractivity contribution in [1.82, 2.24) is 5.43 Å². The van der Waals surface area contributed by atoms with Gasteiger partial charge in [-0.2, -0.15) is 5.10 Å². The van der Waals surface area contributed by atoms with E-state index in [1.54, 1.807) is 24.3 Å². The molecule has 0 aliphatic carbocycles. The van der Waals surface area contributed by atoms with Gasteiger partial charge in [-0.3, -0.25) is 4.79 Å². The van der Waals surface area contributed by atoms with Crippen molar-refractivity contribution in [3.63, 3.8) is 0 Å². The van der Waals surface area contributed by atoms with Gasteiger partial charge in [0.2, 0.25) is 0 Å². The Hall–Kier alpha value is -3.27. The van der Waals surface area contributed by atoms with Crippen molar-refractivity contribution in [2.75, 3.05) is 20.3 Å². The molecule has 154 valence electrons. The number of nitrogens with one attached hydrogen (secondary N) is 1. The maximum absolute atomic E-state index is 12.0.